The van der Waals surface area contributed by atoms with Gasteiger partial charge in [0.2, 0.25) is 0 Å². The van der Waals surface area contributed by atoms with Crippen LogP contribution in [0.1, 0.15) is 24.0 Å². The number of carbonyl (C=O) groups excluding carboxylic acids is 2. The van der Waals surface area contributed by atoms with Gasteiger partial charge in [0.05, 0.1) is 11.9 Å². The van der Waals surface area contributed by atoms with E-state index in [1.807, 2.05) is 6.07 Å². The molecule has 4 heterocycles. The third-order valence-electron chi connectivity index (χ3n) is 6.67. The Morgan fingerprint density at radius 3 is 2.69 bits per heavy atom. The van der Waals surface area contributed by atoms with Crippen LogP contribution in [0.3, 0.4) is 0 Å². The summed E-state index contributed by atoms with van der Waals surface area (Å²) in [6.07, 6.45) is 5.54. The van der Waals surface area contributed by atoms with Crippen molar-refractivity contribution in [2.24, 2.45) is 0 Å². The van der Waals surface area contributed by atoms with Crippen LogP contribution in [0.15, 0.2) is 42.2 Å². The Hall–Kier alpha value is -3.76. The number of amides is 3. The fourth-order valence-electron chi connectivity index (χ4n) is 4.50. The first-order valence-electron chi connectivity index (χ1n) is 12.0. The van der Waals surface area contributed by atoms with Crippen LogP contribution in [0.25, 0.3) is 23.0 Å². The predicted molar refractivity (Wildman–Crippen MR) is 132 cm³/mol. The molecule has 10 nitrogen and oxygen atoms in total. The molecule has 0 atom stereocenters. The van der Waals surface area contributed by atoms with Gasteiger partial charge >= 0.3 is 6.03 Å². The van der Waals surface area contributed by atoms with Crippen molar-refractivity contribution in [2.75, 3.05) is 38.5 Å². The molecule has 3 aromatic rings. The van der Waals surface area contributed by atoms with Crippen LogP contribution in [0.4, 0.5) is 10.6 Å². The minimum atomic E-state index is -0.528. The van der Waals surface area contributed by atoms with Crippen molar-refractivity contribution in [3.05, 3.63) is 53.4 Å². The maximum absolute atomic E-state index is 12.0. The highest BCUT2D eigenvalue weighted by molar-refractivity contribution is 6.14. The molecule has 1 saturated carbocycles. The maximum atomic E-state index is 12.0. The van der Waals surface area contributed by atoms with Crippen molar-refractivity contribution >= 4 is 29.5 Å². The molecular weight excluding hydrogens is 444 g/mol. The standard InChI is InChI=1S/C25H28N8O2/c1-31-7-9-32(10-8-31)15-16-3-2-4-17(11-16)20-13-22(27-19-5-6-19)33-23(28-20)18(14-26-33)12-21-24(34)30-25(35)29-21/h2-4,11-14,19,27H,5-10,15H2,1H3,(H2,29,30,34,35)/b21-12-. The van der Waals surface area contributed by atoms with Gasteiger partial charge in [-0.05, 0) is 37.6 Å². The number of aromatic nitrogens is 3. The summed E-state index contributed by atoms with van der Waals surface area (Å²) in [5, 5.41) is 12.8. The van der Waals surface area contributed by atoms with Crippen molar-refractivity contribution < 1.29 is 9.59 Å². The van der Waals surface area contributed by atoms with Gasteiger partial charge in [0.1, 0.15) is 11.5 Å². The summed E-state index contributed by atoms with van der Waals surface area (Å²) in [6, 6.07) is 10.5. The van der Waals surface area contributed by atoms with Gasteiger partial charge in [-0.25, -0.2) is 9.78 Å². The van der Waals surface area contributed by atoms with Crippen molar-refractivity contribution in [3.8, 4) is 11.3 Å². The minimum Gasteiger partial charge on any atom is -0.367 e. The zero-order chi connectivity index (χ0) is 23.9. The lowest BCUT2D eigenvalue weighted by Crippen LogP contribution is -2.43. The topological polar surface area (TPSA) is 107 Å². The summed E-state index contributed by atoms with van der Waals surface area (Å²) >= 11 is 0. The van der Waals surface area contributed by atoms with Crippen molar-refractivity contribution in [2.45, 2.75) is 25.4 Å². The summed E-state index contributed by atoms with van der Waals surface area (Å²) in [6.45, 7) is 5.23. The van der Waals surface area contributed by atoms with E-state index in [0.29, 0.717) is 17.3 Å². The van der Waals surface area contributed by atoms with Crippen LogP contribution in [0.5, 0.6) is 0 Å². The van der Waals surface area contributed by atoms with E-state index in [1.54, 1.807) is 16.8 Å². The van der Waals surface area contributed by atoms with E-state index in [4.69, 9.17) is 4.98 Å². The van der Waals surface area contributed by atoms with Crippen molar-refractivity contribution in [3.63, 3.8) is 0 Å². The Morgan fingerprint density at radius 1 is 1.11 bits per heavy atom. The molecule has 2 aromatic heterocycles. The molecule has 2 saturated heterocycles. The van der Waals surface area contributed by atoms with Crippen molar-refractivity contribution in [1.29, 1.82) is 0 Å². The lowest BCUT2D eigenvalue weighted by molar-refractivity contribution is -0.115. The second-order valence-corrected chi connectivity index (χ2v) is 9.53. The summed E-state index contributed by atoms with van der Waals surface area (Å²) in [5.41, 5.74) is 4.59. The Bertz CT molecular complexity index is 1330. The fraction of sp³-hybridized carbons (Fsp3) is 0.360. The molecule has 3 fully saturated rings. The zero-order valence-corrected chi connectivity index (χ0v) is 19.6. The normalized spacial score (nSPS) is 20.4. The monoisotopic (exact) mass is 472 g/mol. The SMILES string of the molecule is CN1CCN(Cc2cccc(-c3cc(NC4CC4)n4ncc(/C=C5\NC(=O)NC5=O)c4n3)c2)CC1. The molecule has 180 valence electrons. The van der Waals surface area contributed by atoms with Gasteiger partial charge in [-0.2, -0.15) is 9.61 Å². The number of rotatable bonds is 6. The van der Waals surface area contributed by atoms with Crippen molar-refractivity contribution in [1.82, 2.24) is 35.0 Å². The number of piperazine rings is 1. The summed E-state index contributed by atoms with van der Waals surface area (Å²) in [4.78, 5) is 33.4. The van der Waals surface area contributed by atoms with Crippen LogP contribution < -0.4 is 16.0 Å². The summed E-state index contributed by atoms with van der Waals surface area (Å²) in [7, 11) is 2.17. The second-order valence-electron chi connectivity index (χ2n) is 9.53. The molecular formula is C25H28N8O2. The highest BCUT2D eigenvalue weighted by Crippen LogP contribution is 2.29. The number of likely N-dealkylation sites (N-methyl/N-ethyl adjacent to an activating group) is 1. The third kappa shape index (κ3) is 4.62. The molecule has 35 heavy (non-hydrogen) atoms. The number of anilines is 1. The van der Waals surface area contributed by atoms with Gasteiger partial charge in [-0.1, -0.05) is 18.2 Å². The van der Waals surface area contributed by atoms with E-state index < -0.39 is 11.9 Å². The van der Waals surface area contributed by atoms with Gasteiger partial charge in [-0.15, -0.1) is 0 Å². The zero-order valence-electron chi connectivity index (χ0n) is 19.6. The fourth-order valence-corrected chi connectivity index (χ4v) is 4.50. The van der Waals surface area contributed by atoms with Gasteiger partial charge in [0.15, 0.2) is 5.65 Å². The molecule has 3 N–H and O–H groups in total. The third-order valence-corrected chi connectivity index (χ3v) is 6.67. The first-order chi connectivity index (χ1) is 17.0. The Labute approximate surface area is 203 Å². The number of nitrogens with one attached hydrogen (secondary N) is 3. The van der Waals surface area contributed by atoms with E-state index in [-0.39, 0.29) is 5.70 Å². The van der Waals surface area contributed by atoms with E-state index in [0.717, 1.165) is 62.6 Å². The van der Waals surface area contributed by atoms with Gasteiger partial charge in [0, 0.05) is 56.0 Å². The van der Waals surface area contributed by atoms with E-state index in [9.17, 15) is 9.59 Å². The first kappa shape index (κ1) is 21.8. The first-order valence-corrected chi connectivity index (χ1v) is 12.0. The number of imide groups is 1. The predicted octanol–water partition coefficient (Wildman–Crippen LogP) is 1.90. The Kier molecular flexibility index (Phi) is 5.46. The highest BCUT2D eigenvalue weighted by Gasteiger charge is 2.25. The molecule has 6 rings (SSSR count). The number of hydrogen-bond donors (Lipinski definition) is 3. The Morgan fingerprint density at radius 2 is 1.94 bits per heavy atom. The van der Waals surface area contributed by atoms with Crippen LogP contribution in [0, 0.1) is 0 Å². The molecule has 1 aliphatic carbocycles. The minimum absolute atomic E-state index is 0.183. The molecule has 3 amide bonds. The molecule has 1 aromatic carbocycles. The lowest BCUT2D eigenvalue weighted by Gasteiger charge is -2.32. The number of nitrogens with zero attached hydrogens (tertiary/aromatic N) is 5. The molecule has 3 aliphatic rings. The quantitative estimate of drug-likeness (QED) is 0.372. The van der Waals surface area contributed by atoms with Crippen LogP contribution in [-0.2, 0) is 11.3 Å². The molecule has 2 aliphatic heterocycles. The molecule has 10 heteroatoms. The number of fused-ring (bicyclic) bond motifs is 1. The number of carbonyl (C=O) groups is 2. The largest absolute Gasteiger partial charge is 0.367 e. The molecule has 0 spiro atoms. The Balaban J connectivity index is 1.36. The van der Waals surface area contributed by atoms with Gasteiger partial charge in [-0.3, -0.25) is 15.0 Å². The maximum Gasteiger partial charge on any atom is 0.326 e. The van der Waals surface area contributed by atoms with Gasteiger partial charge in [0.25, 0.3) is 5.91 Å². The smallest absolute Gasteiger partial charge is 0.326 e. The average molecular weight is 473 g/mol. The molecule has 0 unspecified atom stereocenters. The average Bonchev–Trinajstić information content (AvgIpc) is 3.48. The summed E-state index contributed by atoms with van der Waals surface area (Å²) < 4.78 is 1.76. The van der Waals surface area contributed by atoms with E-state index in [2.05, 4.69) is 62.2 Å². The number of benzene rings is 1. The number of hydrogen-bond acceptors (Lipinski definition) is 7. The van der Waals surface area contributed by atoms with Crippen LogP contribution in [-0.4, -0.2) is 75.6 Å². The van der Waals surface area contributed by atoms with E-state index in [1.165, 1.54) is 5.56 Å². The molecule has 0 bridgehead atoms. The summed E-state index contributed by atoms with van der Waals surface area (Å²) in [5.74, 6) is 0.403. The van der Waals surface area contributed by atoms with Crippen LogP contribution >= 0.6 is 0 Å². The van der Waals surface area contributed by atoms with Gasteiger partial charge < -0.3 is 15.5 Å². The van der Waals surface area contributed by atoms with Crippen LogP contribution in [0.2, 0.25) is 0 Å². The van der Waals surface area contributed by atoms with E-state index >= 15 is 0 Å². The second kappa shape index (κ2) is 8.79. The number of urea groups is 1. The molecule has 0 radical (unpaired) electrons. The lowest BCUT2D eigenvalue weighted by atomic mass is 10.1. The highest BCUT2D eigenvalue weighted by atomic mass is 16.2.